The Labute approximate surface area is 187 Å². The van der Waals surface area contributed by atoms with E-state index in [1.54, 1.807) is 7.11 Å². The highest BCUT2D eigenvalue weighted by atomic mass is 16.5. The molecule has 2 aromatic rings. The van der Waals surface area contributed by atoms with Crippen LogP contribution in [0.1, 0.15) is 48.5 Å². The highest BCUT2D eigenvalue weighted by Crippen LogP contribution is 2.22. The summed E-state index contributed by atoms with van der Waals surface area (Å²) in [5, 5.41) is 0. The standard InChI is InChI=1S/C26H36N2O3/c1-4-17-27(2)20-23-8-5-18-28(23)26(29)22-11-15-25(16-12-22)31-19-6-7-21-9-13-24(30-3)14-10-21/h9-16,23H,4-8,17-20H2,1-3H3. The first-order valence-electron chi connectivity index (χ1n) is 11.5. The quantitative estimate of drug-likeness (QED) is 0.492. The number of methoxy groups -OCH3 is 1. The van der Waals surface area contributed by atoms with Crippen molar-refractivity contribution in [1.29, 1.82) is 0 Å². The molecule has 0 aromatic heterocycles. The minimum atomic E-state index is 0.137. The molecule has 0 aliphatic carbocycles. The molecule has 1 fully saturated rings. The number of hydrogen-bond acceptors (Lipinski definition) is 4. The van der Waals surface area contributed by atoms with E-state index >= 15 is 0 Å². The third-order valence-electron chi connectivity index (χ3n) is 5.90. The lowest BCUT2D eigenvalue weighted by atomic mass is 10.1. The van der Waals surface area contributed by atoms with Crippen LogP contribution in [0.3, 0.4) is 0 Å². The maximum atomic E-state index is 13.0. The minimum absolute atomic E-state index is 0.137. The smallest absolute Gasteiger partial charge is 0.254 e. The minimum Gasteiger partial charge on any atom is -0.497 e. The Kier molecular flexibility index (Phi) is 8.77. The number of carbonyl (C=O) groups excluding carboxylic acids is 1. The maximum Gasteiger partial charge on any atom is 0.254 e. The van der Waals surface area contributed by atoms with E-state index in [-0.39, 0.29) is 5.91 Å². The van der Waals surface area contributed by atoms with E-state index in [2.05, 4.69) is 35.9 Å². The summed E-state index contributed by atoms with van der Waals surface area (Å²) >= 11 is 0. The summed E-state index contributed by atoms with van der Waals surface area (Å²) in [6.45, 7) is 5.72. The first-order chi connectivity index (χ1) is 15.1. The molecule has 0 N–H and O–H groups in total. The number of ether oxygens (including phenoxy) is 2. The maximum absolute atomic E-state index is 13.0. The summed E-state index contributed by atoms with van der Waals surface area (Å²) in [4.78, 5) is 17.4. The molecule has 2 aromatic carbocycles. The van der Waals surface area contributed by atoms with Crippen molar-refractivity contribution in [2.75, 3.05) is 40.4 Å². The van der Waals surface area contributed by atoms with E-state index in [4.69, 9.17) is 9.47 Å². The van der Waals surface area contributed by atoms with E-state index in [9.17, 15) is 4.79 Å². The molecule has 31 heavy (non-hydrogen) atoms. The first kappa shape index (κ1) is 23.1. The van der Waals surface area contributed by atoms with Gasteiger partial charge in [0.2, 0.25) is 0 Å². The van der Waals surface area contributed by atoms with Crippen LogP contribution in [0.15, 0.2) is 48.5 Å². The molecule has 0 radical (unpaired) electrons. The highest BCUT2D eigenvalue weighted by Gasteiger charge is 2.30. The van der Waals surface area contributed by atoms with Crippen molar-refractivity contribution in [3.63, 3.8) is 0 Å². The van der Waals surface area contributed by atoms with Gasteiger partial charge in [0.25, 0.3) is 5.91 Å². The van der Waals surface area contributed by atoms with Crippen molar-refractivity contribution in [2.45, 2.75) is 45.1 Å². The van der Waals surface area contributed by atoms with Gasteiger partial charge >= 0.3 is 0 Å². The van der Waals surface area contributed by atoms with Crippen molar-refractivity contribution in [2.24, 2.45) is 0 Å². The van der Waals surface area contributed by atoms with Crippen LogP contribution in [0, 0.1) is 0 Å². The molecule has 1 aliphatic heterocycles. The normalized spacial score (nSPS) is 16.0. The number of aryl methyl sites for hydroxylation is 1. The van der Waals surface area contributed by atoms with Gasteiger partial charge in [-0.15, -0.1) is 0 Å². The Balaban J connectivity index is 1.46. The second-order valence-electron chi connectivity index (χ2n) is 8.38. The van der Waals surface area contributed by atoms with E-state index in [1.807, 2.05) is 36.4 Å². The van der Waals surface area contributed by atoms with E-state index in [0.717, 1.165) is 68.8 Å². The van der Waals surface area contributed by atoms with Gasteiger partial charge in [0, 0.05) is 24.7 Å². The average molecular weight is 425 g/mol. The average Bonchev–Trinajstić information content (AvgIpc) is 3.25. The SMILES string of the molecule is CCCN(C)CC1CCCN1C(=O)c1ccc(OCCCc2ccc(OC)cc2)cc1. The third-order valence-corrected chi connectivity index (χ3v) is 5.90. The van der Waals surface area contributed by atoms with Crippen LogP contribution in [0.4, 0.5) is 0 Å². The summed E-state index contributed by atoms with van der Waals surface area (Å²) in [6.07, 6.45) is 5.22. The molecule has 1 aliphatic rings. The molecule has 0 bridgehead atoms. The topological polar surface area (TPSA) is 42.0 Å². The van der Waals surface area contributed by atoms with Crippen LogP contribution in [-0.2, 0) is 6.42 Å². The number of amides is 1. The number of hydrogen-bond donors (Lipinski definition) is 0. The number of nitrogens with zero attached hydrogens (tertiary/aromatic N) is 2. The van der Waals surface area contributed by atoms with Gasteiger partial charge in [-0.25, -0.2) is 0 Å². The predicted molar refractivity (Wildman–Crippen MR) is 125 cm³/mol. The van der Waals surface area contributed by atoms with Crippen LogP contribution >= 0.6 is 0 Å². The largest absolute Gasteiger partial charge is 0.497 e. The number of likely N-dealkylation sites (N-methyl/N-ethyl adjacent to an activating group) is 1. The first-order valence-corrected chi connectivity index (χ1v) is 11.5. The Morgan fingerprint density at radius 3 is 2.48 bits per heavy atom. The second kappa shape index (κ2) is 11.8. The number of rotatable bonds is 11. The lowest BCUT2D eigenvalue weighted by Gasteiger charge is -2.28. The Bertz CT molecular complexity index is 804. The second-order valence-corrected chi connectivity index (χ2v) is 8.38. The summed E-state index contributed by atoms with van der Waals surface area (Å²) in [7, 11) is 3.82. The summed E-state index contributed by atoms with van der Waals surface area (Å²) in [6, 6.07) is 16.1. The molecule has 5 nitrogen and oxygen atoms in total. The molecular weight excluding hydrogens is 388 g/mol. The van der Waals surface area contributed by atoms with Gasteiger partial charge < -0.3 is 19.3 Å². The van der Waals surface area contributed by atoms with E-state index in [1.165, 1.54) is 5.56 Å². The zero-order valence-corrected chi connectivity index (χ0v) is 19.2. The molecule has 3 rings (SSSR count). The van der Waals surface area contributed by atoms with Gasteiger partial charge in [-0.2, -0.15) is 0 Å². The third kappa shape index (κ3) is 6.73. The molecule has 1 heterocycles. The lowest BCUT2D eigenvalue weighted by Crippen LogP contribution is -2.42. The van der Waals surface area contributed by atoms with Crippen molar-refractivity contribution in [1.82, 2.24) is 9.80 Å². The van der Waals surface area contributed by atoms with Gasteiger partial charge in [-0.05, 0) is 87.7 Å². The fraction of sp³-hybridized carbons (Fsp3) is 0.500. The number of carbonyl (C=O) groups is 1. The zero-order chi connectivity index (χ0) is 22.1. The highest BCUT2D eigenvalue weighted by molar-refractivity contribution is 5.94. The zero-order valence-electron chi connectivity index (χ0n) is 19.2. The molecule has 0 saturated carbocycles. The molecule has 1 amide bonds. The summed E-state index contributed by atoms with van der Waals surface area (Å²) in [5.74, 6) is 1.83. The Morgan fingerprint density at radius 1 is 1.10 bits per heavy atom. The molecule has 1 saturated heterocycles. The molecule has 1 unspecified atom stereocenters. The van der Waals surface area contributed by atoms with Crippen molar-refractivity contribution in [3.05, 3.63) is 59.7 Å². The number of benzene rings is 2. The Morgan fingerprint density at radius 2 is 1.81 bits per heavy atom. The van der Waals surface area contributed by atoms with Gasteiger partial charge in [0.05, 0.1) is 13.7 Å². The van der Waals surface area contributed by atoms with Gasteiger partial charge in [0.15, 0.2) is 0 Å². The van der Waals surface area contributed by atoms with Crippen LogP contribution in [0.25, 0.3) is 0 Å². The van der Waals surface area contributed by atoms with Crippen molar-refractivity contribution >= 4 is 5.91 Å². The molecule has 5 heteroatoms. The van der Waals surface area contributed by atoms with Crippen LogP contribution < -0.4 is 9.47 Å². The molecule has 168 valence electrons. The molecule has 0 spiro atoms. The van der Waals surface area contributed by atoms with Gasteiger partial charge in [0.1, 0.15) is 11.5 Å². The lowest BCUT2D eigenvalue weighted by molar-refractivity contribution is 0.0709. The van der Waals surface area contributed by atoms with Crippen LogP contribution in [0.2, 0.25) is 0 Å². The predicted octanol–water partition coefficient (Wildman–Crippen LogP) is 4.65. The molecular formula is C26H36N2O3. The van der Waals surface area contributed by atoms with Gasteiger partial charge in [-0.3, -0.25) is 4.79 Å². The van der Waals surface area contributed by atoms with Crippen molar-refractivity contribution < 1.29 is 14.3 Å². The Hall–Kier alpha value is -2.53. The fourth-order valence-corrected chi connectivity index (χ4v) is 4.24. The fourth-order valence-electron chi connectivity index (χ4n) is 4.24. The van der Waals surface area contributed by atoms with E-state index < -0.39 is 0 Å². The van der Waals surface area contributed by atoms with E-state index in [0.29, 0.717) is 12.6 Å². The monoisotopic (exact) mass is 424 g/mol. The molecule has 1 atom stereocenters. The van der Waals surface area contributed by atoms with Crippen molar-refractivity contribution in [3.8, 4) is 11.5 Å². The summed E-state index contributed by atoms with van der Waals surface area (Å²) < 4.78 is 11.1. The van der Waals surface area contributed by atoms with Crippen LogP contribution in [0.5, 0.6) is 11.5 Å². The number of likely N-dealkylation sites (tertiary alicyclic amines) is 1. The van der Waals surface area contributed by atoms with Crippen LogP contribution in [-0.4, -0.2) is 62.1 Å². The summed E-state index contributed by atoms with van der Waals surface area (Å²) in [5.41, 5.74) is 2.02. The van der Waals surface area contributed by atoms with Gasteiger partial charge in [-0.1, -0.05) is 19.1 Å².